The van der Waals surface area contributed by atoms with Gasteiger partial charge in [0.25, 0.3) is 5.54 Å². The molecule has 1 heterocycles. The molecule has 0 radical (unpaired) electrons. The van der Waals surface area contributed by atoms with Crippen molar-refractivity contribution in [1.82, 2.24) is 0 Å². The van der Waals surface area contributed by atoms with Gasteiger partial charge in [0.2, 0.25) is 0 Å². The molecule has 0 aromatic carbocycles. The highest BCUT2D eigenvalue weighted by Gasteiger charge is 2.46. The second-order valence-electron chi connectivity index (χ2n) is 4.31. The smallest absolute Gasteiger partial charge is 0.379 e. The molecule has 1 aliphatic rings. The lowest BCUT2D eigenvalue weighted by atomic mass is 10.0. The van der Waals surface area contributed by atoms with Crippen molar-refractivity contribution >= 4 is 12.2 Å². The maximum absolute atomic E-state index is 11.6. The van der Waals surface area contributed by atoms with E-state index in [0.717, 1.165) is 4.74 Å². The topological polar surface area (TPSA) is 52.4 Å². The Morgan fingerprint density at radius 3 is 2.79 bits per heavy atom. The van der Waals surface area contributed by atoms with Crippen molar-refractivity contribution in [3.63, 3.8) is 0 Å². The normalized spacial score (nSPS) is 26.4. The summed E-state index contributed by atoms with van der Waals surface area (Å²) < 4.78 is 5.78. The van der Waals surface area contributed by atoms with Crippen molar-refractivity contribution < 1.29 is 14.3 Å². The lowest BCUT2D eigenvalue weighted by molar-refractivity contribution is -0.518. The van der Waals surface area contributed by atoms with E-state index >= 15 is 0 Å². The van der Waals surface area contributed by atoms with Crippen LogP contribution >= 0.6 is 0 Å². The Hall–Kier alpha value is -1.06. The second kappa shape index (κ2) is 3.98. The fourth-order valence-corrected chi connectivity index (χ4v) is 1.36. The third kappa shape index (κ3) is 2.05. The number of esters is 1. The first-order valence-corrected chi connectivity index (χ1v) is 4.94. The number of carbonyl (C=O) groups excluding carboxylic acids is 1. The molecular formula is C10H17NO3. The summed E-state index contributed by atoms with van der Waals surface area (Å²) in [5.41, 5.74) is -0.991. The first-order chi connectivity index (χ1) is 6.47. The van der Waals surface area contributed by atoms with E-state index in [4.69, 9.17) is 4.74 Å². The summed E-state index contributed by atoms with van der Waals surface area (Å²) in [6.07, 6.45) is 2.70. The summed E-state index contributed by atoms with van der Waals surface area (Å²) in [5.74, 6) is -0.108. The summed E-state index contributed by atoms with van der Waals surface area (Å²) in [4.78, 5) is 11.6. The van der Waals surface area contributed by atoms with Crippen molar-refractivity contribution in [3.05, 3.63) is 5.21 Å². The molecular weight excluding hydrogens is 182 g/mol. The maximum Gasteiger partial charge on any atom is 0.379 e. The van der Waals surface area contributed by atoms with Crippen LogP contribution in [0.2, 0.25) is 0 Å². The van der Waals surface area contributed by atoms with E-state index in [9.17, 15) is 10.0 Å². The van der Waals surface area contributed by atoms with E-state index in [1.165, 1.54) is 6.21 Å². The van der Waals surface area contributed by atoms with Crippen LogP contribution in [0.15, 0.2) is 0 Å². The number of rotatable bonds is 3. The Balaban J connectivity index is 2.56. The van der Waals surface area contributed by atoms with E-state index in [1.54, 1.807) is 6.92 Å². The average molecular weight is 199 g/mol. The van der Waals surface area contributed by atoms with Crippen molar-refractivity contribution in [3.8, 4) is 0 Å². The van der Waals surface area contributed by atoms with Gasteiger partial charge in [0.05, 0.1) is 6.61 Å². The van der Waals surface area contributed by atoms with Gasteiger partial charge in [0.1, 0.15) is 0 Å². The molecule has 1 rings (SSSR count). The molecule has 0 fully saturated rings. The first kappa shape index (κ1) is 11.0. The molecule has 1 aliphatic heterocycles. The minimum atomic E-state index is -0.991. The van der Waals surface area contributed by atoms with E-state index in [1.807, 2.05) is 13.8 Å². The highest BCUT2D eigenvalue weighted by molar-refractivity contribution is 5.81. The van der Waals surface area contributed by atoms with E-state index in [0.29, 0.717) is 25.4 Å². The maximum atomic E-state index is 11.6. The highest BCUT2D eigenvalue weighted by Crippen LogP contribution is 2.23. The molecule has 0 aromatic heterocycles. The van der Waals surface area contributed by atoms with Crippen LogP contribution in [0, 0.1) is 11.1 Å². The molecule has 0 saturated heterocycles. The Kier molecular flexibility index (Phi) is 3.13. The third-order valence-electron chi connectivity index (χ3n) is 2.40. The fraction of sp³-hybridized carbons (Fsp3) is 0.800. The minimum Gasteiger partial charge on any atom is -0.623 e. The monoisotopic (exact) mass is 199 g/mol. The molecule has 0 aromatic rings. The van der Waals surface area contributed by atoms with Crippen LogP contribution in [0.1, 0.15) is 33.6 Å². The van der Waals surface area contributed by atoms with Crippen LogP contribution < -0.4 is 0 Å². The molecule has 4 nitrogen and oxygen atoms in total. The molecule has 0 N–H and O–H groups in total. The zero-order valence-corrected chi connectivity index (χ0v) is 8.95. The fourth-order valence-electron chi connectivity index (χ4n) is 1.36. The molecule has 4 heteroatoms. The van der Waals surface area contributed by atoms with Gasteiger partial charge < -0.3 is 9.94 Å². The second-order valence-corrected chi connectivity index (χ2v) is 4.31. The van der Waals surface area contributed by atoms with Gasteiger partial charge in [-0.2, -0.15) is 4.74 Å². The van der Waals surface area contributed by atoms with Crippen LogP contribution in [0.25, 0.3) is 0 Å². The minimum absolute atomic E-state index is 0.299. The van der Waals surface area contributed by atoms with Crippen LogP contribution in [-0.4, -0.2) is 29.1 Å². The Labute approximate surface area is 84.1 Å². The molecule has 0 bridgehead atoms. The molecule has 0 saturated carbocycles. The molecule has 14 heavy (non-hydrogen) atoms. The first-order valence-electron chi connectivity index (χ1n) is 4.94. The van der Waals surface area contributed by atoms with Crippen LogP contribution in [-0.2, 0) is 9.53 Å². The largest absolute Gasteiger partial charge is 0.623 e. The number of hydrogen-bond acceptors (Lipinski definition) is 3. The van der Waals surface area contributed by atoms with E-state index in [2.05, 4.69) is 0 Å². The van der Waals surface area contributed by atoms with Gasteiger partial charge in [-0.3, -0.25) is 0 Å². The third-order valence-corrected chi connectivity index (χ3v) is 2.40. The van der Waals surface area contributed by atoms with Gasteiger partial charge in [-0.15, -0.1) is 0 Å². The zero-order valence-electron chi connectivity index (χ0n) is 8.95. The van der Waals surface area contributed by atoms with Crippen LogP contribution in [0.5, 0.6) is 0 Å². The standard InChI is InChI=1S/C10H17NO3/c1-8(2)7-14-9(12)10(3)5-4-6-11(10)13/h6,8H,4-5,7H2,1-3H3. The van der Waals surface area contributed by atoms with Crippen molar-refractivity contribution in [1.29, 1.82) is 0 Å². The Morgan fingerprint density at radius 1 is 1.71 bits per heavy atom. The van der Waals surface area contributed by atoms with Crippen molar-refractivity contribution in [2.75, 3.05) is 6.61 Å². The van der Waals surface area contributed by atoms with Crippen LogP contribution in [0.4, 0.5) is 0 Å². The lowest BCUT2D eigenvalue weighted by Gasteiger charge is -2.21. The number of hydroxylamine groups is 1. The van der Waals surface area contributed by atoms with Crippen LogP contribution in [0.3, 0.4) is 0 Å². The predicted octanol–water partition coefficient (Wildman–Crippen LogP) is 1.32. The van der Waals surface area contributed by atoms with Gasteiger partial charge in [0.15, 0.2) is 6.21 Å². The SMILES string of the molecule is CC(C)COC(=O)C1(C)CCC=[N+]1[O-]. The Morgan fingerprint density at radius 2 is 2.36 bits per heavy atom. The molecule has 0 spiro atoms. The molecule has 0 amide bonds. The predicted molar refractivity (Wildman–Crippen MR) is 53.1 cm³/mol. The molecule has 1 unspecified atom stereocenters. The number of hydrogen-bond donors (Lipinski definition) is 0. The molecule has 80 valence electrons. The molecule has 1 atom stereocenters. The van der Waals surface area contributed by atoms with E-state index < -0.39 is 11.5 Å². The highest BCUT2D eigenvalue weighted by atomic mass is 16.5. The Bertz CT molecular complexity index is 260. The number of nitrogens with zero attached hydrogens (tertiary/aromatic N) is 1. The summed E-state index contributed by atoms with van der Waals surface area (Å²) in [6, 6.07) is 0. The number of ether oxygens (including phenoxy) is 1. The van der Waals surface area contributed by atoms with Gasteiger partial charge in [-0.1, -0.05) is 13.8 Å². The van der Waals surface area contributed by atoms with Crippen molar-refractivity contribution in [2.24, 2.45) is 5.92 Å². The summed E-state index contributed by atoms with van der Waals surface area (Å²) in [7, 11) is 0. The summed E-state index contributed by atoms with van der Waals surface area (Å²) >= 11 is 0. The van der Waals surface area contributed by atoms with Gasteiger partial charge >= 0.3 is 5.97 Å². The zero-order chi connectivity index (χ0) is 10.8. The quantitative estimate of drug-likeness (QED) is 0.391. The summed E-state index contributed by atoms with van der Waals surface area (Å²) in [5, 5.41) is 11.3. The average Bonchev–Trinajstić information content (AvgIpc) is 2.44. The molecule has 0 aliphatic carbocycles. The lowest BCUT2D eigenvalue weighted by Crippen LogP contribution is -2.43. The number of carbonyl (C=O) groups is 1. The van der Waals surface area contributed by atoms with Gasteiger partial charge in [-0.05, 0) is 5.92 Å². The summed E-state index contributed by atoms with van der Waals surface area (Å²) in [6.45, 7) is 5.94. The van der Waals surface area contributed by atoms with E-state index in [-0.39, 0.29) is 0 Å². The van der Waals surface area contributed by atoms with Gasteiger partial charge in [0, 0.05) is 19.8 Å². The van der Waals surface area contributed by atoms with Crippen molar-refractivity contribution in [2.45, 2.75) is 39.2 Å². The van der Waals surface area contributed by atoms with Gasteiger partial charge in [-0.25, -0.2) is 4.79 Å².